The summed E-state index contributed by atoms with van der Waals surface area (Å²) in [6.07, 6.45) is 4.19. The van der Waals surface area contributed by atoms with Crippen LogP contribution in [0.4, 0.5) is 5.69 Å². The summed E-state index contributed by atoms with van der Waals surface area (Å²) in [6.45, 7) is 0.453. The maximum atomic E-state index is 11.3. The number of nitrogens with two attached hydrogens (primary N) is 2. The van der Waals surface area contributed by atoms with E-state index in [1.165, 1.54) is 6.07 Å². The van der Waals surface area contributed by atoms with E-state index >= 15 is 0 Å². The summed E-state index contributed by atoms with van der Waals surface area (Å²) in [5, 5.41) is 0. The molecule has 4 N–H and O–H groups in total. The molecular formula is C14H15N3O2. The van der Waals surface area contributed by atoms with Crippen LogP contribution in [-0.4, -0.2) is 17.5 Å². The fourth-order valence-corrected chi connectivity index (χ4v) is 1.69. The van der Waals surface area contributed by atoms with Crippen molar-refractivity contribution >= 4 is 11.6 Å². The van der Waals surface area contributed by atoms with Crippen LogP contribution >= 0.6 is 0 Å². The maximum absolute atomic E-state index is 11.3. The van der Waals surface area contributed by atoms with Gasteiger partial charge in [0.25, 0.3) is 5.91 Å². The van der Waals surface area contributed by atoms with Gasteiger partial charge in [-0.15, -0.1) is 0 Å². The molecule has 0 bridgehead atoms. The molecule has 0 saturated heterocycles. The number of primary amides is 1. The predicted molar refractivity (Wildman–Crippen MR) is 72.8 cm³/mol. The van der Waals surface area contributed by atoms with Crippen molar-refractivity contribution in [1.82, 2.24) is 4.98 Å². The molecule has 0 spiro atoms. The number of nitrogens with zero attached hydrogens (tertiary/aromatic N) is 1. The minimum absolute atomic E-state index is 0.301. The van der Waals surface area contributed by atoms with Gasteiger partial charge in [0.2, 0.25) is 0 Å². The Morgan fingerprint density at radius 1 is 1.21 bits per heavy atom. The molecule has 0 radical (unpaired) electrons. The molecule has 0 saturated carbocycles. The number of carbonyl (C=O) groups is 1. The Hall–Kier alpha value is -2.56. The van der Waals surface area contributed by atoms with Gasteiger partial charge in [-0.3, -0.25) is 9.78 Å². The van der Waals surface area contributed by atoms with E-state index in [-0.39, 0.29) is 0 Å². The second kappa shape index (κ2) is 5.86. The van der Waals surface area contributed by atoms with Crippen LogP contribution in [0.25, 0.3) is 0 Å². The van der Waals surface area contributed by atoms with Gasteiger partial charge in [0.1, 0.15) is 5.75 Å². The van der Waals surface area contributed by atoms with Crippen molar-refractivity contribution in [2.24, 2.45) is 5.73 Å². The van der Waals surface area contributed by atoms with Gasteiger partial charge in [0.15, 0.2) is 0 Å². The third kappa shape index (κ3) is 3.45. The first-order valence-electron chi connectivity index (χ1n) is 5.88. The predicted octanol–water partition coefficient (Wildman–Crippen LogP) is 1.38. The molecule has 19 heavy (non-hydrogen) atoms. The summed E-state index contributed by atoms with van der Waals surface area (Å²) in [5.41, 5.74) is 12.8. The smallest absolute Gasteiger partial charge is 0.252 e. The fourth-order valence-electron chi connectivity index (χ4n) is 1.69. The van der Waals surface area contributed by atoms with Crippen LogP contribution in [-0.2, 0) is 6.42 Å². The van der Waals surface area contributed by atoms with Crippen molar-refractivity contribution in [3.05, 3.63) is 53.9 Å². The molecule has 2 rings (SSSR count). The van der Waals surface area contributed by atoms with Gasteiger partial charge in [0.05, 0.1) is 12.2 Å². The quantitative estimate of drug-likeness (QED) is 0.792. The van der Waals surface area contributed by atoms with E-state index in [2.05, 4.69) is 4.98 Å². The number of rotatable bonds is 5. The van der Waals surface area contributed by atoms with Crippen LogP contribution in [0.3, 0.4) is 0 Å². The average molecular weight is 257 g/mol. The molecule has 0 fully saturated rings. The Morgan fingerprint density at radius 2 is 1.95 bits per heavy atom. The summed E-state index contributed by atoms with van der Waals surface area (Å²) in [4.78, 5) is 15.2. The van der Waals surface area contributed by atoms with Crippen LogP contribution in [0.2, 0.25) is 0 Å². The average Bonchev–Trinajstić information content (AvgIpc) is 2.41. The van der Waals surface area contributed by atoms with Gasteiger partial charge in [-0.2, -0.15) is 0 Å². The Labute approximate surface area is 111 Å². The first-order chi connectivity index (χ1) is 9.16. The molecular weight excluding hydrogens is 242 g/mol. The lowest BCUT2D eigenvalue weighted by molar-refractivity contribution is 0.0996. The lowest BCUT2D eigenvalue weighted by Crippen LogP contribution is -2.14. The molecule has 0 aliphatic heterocycles. The number of pyridine rings is 1. The highest BCUT2D eigenvalue weighted by molar-refractivity contribution is 5.96. The second-order valence-electron chi connectivity index (χ2n) is 4.07. The van der Waals surface area contributed by atoms with Crippen molar-refractivity contribution in [3.63, 3.8) is 0 Å². The minimum Gasteiger partial charge on any atom is -0.492 e. The summed E-state index contributed by atoms with van der Waals surface area (Å²) >= 11 is 0. The Balaban J connectivity index is 2.02. The number of carbonyl (C=O) groups excluding carboxylic acids is 1. The lowest BCUT2D eigenvalue weighted by atomic mass is 10.1. The minimum atomic E-state index is -0.550. The fraction of sp³-hybridized carbons (Fsp3) is 0.143. The second-order valence-corrected chi connectivity index (χ2v) is 4.07. The standard InChI is InChI=1S/C14H15N3O2/c15-11-1-2-13(12(9-11)14(16)18)19-8-5-10-3-6-17-7-4-10/h1-4,6-7,9H,5,8,15H2,(H2,16,18). The van der Waals surface area contributed by atoms with Crippen LogP contribution in [0.5, 0.6) is 5.75 Å². The first-order valence-corrected chi connectivity index (χ1v) is 5.88. The van der Waals surface area contributed by atoms with Gasteiger partial charge in [-0.1, -0.05) is 0 Å². The zero-order valence-electron chi connectivity index (χ0n) is 10.4. The van der Waals surface area contributed by atoms with E-state index < -0.39 is 5.91 Å². The maximum Gasteiger partial charge on any atom is 0.252 e. The first kappa shape index (κ1) is 12.9. The van der Waals surface area contributed by atoms with Gasteiger partial charge in [-0.05, 0) is 35.9 Å². The lowest BCUT2D eigenvalue weighted by Gasteiger charge is -2.10. The molecule has 0 aliphatic rings. The summed E-state index contributed by atoms with van der Waals surface area (Å²) in [7, 11) is 0. The number of hydrogen-bond donors (Lipinski definition) is 2. The topological polar surface area (TPSA) is 91.2 Å². The molecule has 2 aromatic rings. The van der Waals surface area contributed by atoms with Crippen molar-refractivity contribution in [2.45, 2.75) is 6.42 Å². The summed E-state index contributed by atoms with van der Waals surface area (Å²) in [6, 6.07) is 8.68. The monoisotopic (exact) mass is 257 g/mol. The van der Waals surface area contributed by atoms with Gasteiger partial charge >= 0.3 is 0 Å². The van der Waals surface area contributed by atoms with Crippen LogP contribution in [0.1, 0.15) is 15.9 Å². The molecule has 1 aromatic heterocycles. The summed E-state index contributed by atoms with van der Waals surface area (Å²) < 4.78 is 5.58. The SMILES string of the molecule is NC(=O)c1cc(N)ccc1OCCc1ccncc1. The number of ether oxygens (including phenoxy) is 1. The van der Waals surface area contributed by atoms with Gasteiger partial charge < -0.3 is 16.2 Å². The number of amides is 1. The number of benzene rings is 1. The van der Waals surface area contributed by atoms with Gasteiger partial charge in [0, 0.05) is 24.5 Å². The van der Waals surface area contributed by atoms with E-state index in [1.54, 1.807) is 24.5 Å². The molecule has 1 amide bonds. The zero-order valence-corrected chi connectivity index (χ0v) is 10.4. The number of anilines is 1. The largest absolute Gasteiger partial charge is 0.492 e. The molecule has 0 aliphatic carbocycles. The number of aromatic nitrogens is 1. The molecule has 98 valence electrons. The highest BCUT2D eigenvalue weighted by Gasteiger charge is 2.09. The molecule has 1 heterocycles. The normalized spacial score (nSPS) is 10.1. The van der Waals surface area contributed by atoms with E-state index in [0.717, 1.165) is 12.0 Å². The Morgan fingerprint density at radius 3 is 2.63 bits per heavy atom. The zero-order chi connectivity index (χ0) is 13.7. The molecule has 1 aromatic carbocycles. The van der Waals surface area contributed by atoms with Crippen molar-refractivity contribution in [1.29, 1.82) is 0 Å². The van der Waals surface area contributed by atoms with E-state index in [9.17, 15) is 4.79 Å². The number of hydrogen-bond acceptors (Lipinski definition) is 4. The van der Waals surface area contributed by atoms with Crippen molar-refractivity contribution in [3.8, 4) is 5.75 Å². The molecule has 5 heteroatoms. The van der Waals surface area contributed by atoms with Crippen LogP contribution in [0.15, 0.2) is 42.7 Å². The highest BCUT2D eigenvalue weighted by atomic mass is 16.5. The summed E-state index contributed by atoms with van der Waals surface area (Å²) in [5.74, 6) is -0.0954. The Kier molecular flexibility index (Phi) is 3.97. The third-order valence-corrected chi connectivity index (χ3v) is 2.67. The van der Waals surface area contributed by atoms with Gasteiger partial charge in [-0.25, -0.2) is 0 Å². The molecule has 0 atom stereocenters. The molecule has 5 nitrogen and oxygen atoms in total. The highest BCUT2D eigenvalue weighted by Crippen LogP contribution is 2.21. The number of nitrogen functional groups attached to an aromatic ring is 1. The third-order valence-electron chi connectivity index (χ3n) is 2.67. The van der Waals surface area contributed by atoms with E-state index in [1.807, 2.05) is 12.1 Å². The van der Waals surface area contributed by atoms with Crippen LogP contribution < -0.4 is 16.2 Å². The Bertz CT molecular complexity index is 570. The van der Waals surface area contributed by atoms with E-state index in [0.29, 0.717) is 23.6 Å². The van der Waals surface area contributed by atoms with Crippen LogP contribution in [0, 0.1) is 0 Å². The van der Waals surface area contributed by atoms with Crippen molar-refractivity contribution in [2.75, 3.05) is 12.3 Å². The van der Waals surface area contributed by atoms with Crippen molar-refractivity contribution < 1.29 is 9.53 Å². The van der Waals surface area contributed by atoms with E-state index in [4.69, 9.17) is 16.2 Å². The molecule has 0 unspecified atom stereocenters.